The lowest BCUT2D eigenvalue weighted by Crippen LogP contribution is -2.30. The summed E-state index contributed by atoms with van der Waals surface area (Å²) in [7, 11) is 0. The van der Waals surface area contributed by atoms with Gasteiger partial charge < -0.3 is 4.74 Å². The molecule has 0 aromatic heterocycles. The van der Waals surface area contributed by atoms with E-state index in [-0.39, 0.29) is 23.7 Å². The number of fused-ring (bicyclic) bond motifs is 1. The largest absolute Gasteiger partial charge is 0.423 e. The second kappa shape index (κ2) is 7.27. The molecule has 1 aliphatic heterocycles. The minimum Gasteiger partial charge on any atom is -0.423 e. The van der Waals surface area contributed by atoms with Crippen LogP contribution in [-0.4, -0.2) is 17.8 Å². The summed E-state index contributed by atoms with van der Waals surface area (Å²) in [6.45, 7) is 0. The molecule has 0 unspecified atom stereocenters. The van der Waals surface area contributed by atoms with Crippen LogP contribution < -0.4 is 9.64 Å². The number of hydrogen-bond donors (Lipinski definition) is 0. The van der Waals surface area contributed by atoms with Gasteiger partial charge in [0.1, 0.15) is 5.75 Å². The first-order chi connectivity index (χ1) is 13.0. The van der Waals surface area contributed by atoms with Gasteiger partial charge in [0.05, 0.1) is 23.1 Å². The smallest absolute Gasteiger partial charge is 0.343 e. The van der Waals surface area contributed by atoms with Gasteiger partial charge in [-0.15, -0.1) is 0 Å². The van der Waals surface area contributed by atoms with Gasteiger partial charge in [-0.05, 0) is 61.4 Å². The summed E-state index contributed by atoms with van der Waals surface area (Å²) in [5.74, 6) is -0.649. The average Bonchev–Trinajstić information content (AvgIpc) is 2.95. The van der Waals surface area contributed by atoms with Crippen LogP contribution in [0.5, 0.6) is 5.75 Å². The summed E-state index contributed by atoms with van der Waals surface area (Å²) < 4.78 is 6.23. The second-order valence-corrected chi connectivity index (χ2v) is 7.82. The van der Waals surface area contributed by atoms with Crippen molar-refractivity contribution in [1.29, 1.82) is 0 Å². The second-order valence-electron chi connectivity index (χ2n) is 6.90. The molecule has 0 radical (unpaired) electrons. The van der Waals surface area contributed by atoms with Crippen LogP contribution in [0.15, 0.2) is 53.0 Å². The number of anilines is 1. The van der Waals surface area contributed by atoms with Gasteiger partial charge in [-0.25, -0.2) is 4.79 Å². The number of amides is 2. The van der Waals surface area contributed by atoms with Gasteiger partial charge in [-0.1, -0.05) is 28.8 Å². The summed E-state index contributed by atoms with van der Waals surface area (Å²) >= 11 is 3.33. The van der Waals surface area contributed by atoms with Gasteiger partial charge in [-0.3, -0.25) is 14.5 Å². The molecule has 2 amide bonds. The molecule has 5 nitrogen and oxygen atoms in total. The molecule has 2 aromatic carbocycles. The quantitative estimate of drug-likeness (QED) is 0.414. The molecule has 138 valence electrons. The maximum atomic E-state index is 12.6. The Balaban J connectivity index is 1.50. The van der Waals surface area contributed by atoms with E-state index < -0.39 is 5.97 Å². The Morgan fingerprint density at radius 3 is 2.00 bits per heavy atom. The Morgan fingerprint density at radius 1 is 0.889 bits per heavy atom. The Bertz CT molecular complexity index is 867. The van der Waals surface area contributed by atoms with Crippen LogP contribution in [0.2, 0.25) is 0 Å². The van der Waals surface area contributed by atoms with Crippen LogP contribution in [0, 0.1) is 11.8 Å². The molecule has 2 atom stereocenters. The van der Waals surface area contributed by atoms with E-state index in [4.69, 9.17) is 4.74 Å². The first kappa shape index (κ1) is 17.9. The first-order valence-corrected chi connectivity index (χ1v) is 9.79. The van der Waals surface area contributed by atoms with E-state index in [1.54, 1.807) is 48.5 Å². The molecule has 0 N–H and O–H groups in total. The summed E-state index contributed by atoms with van der Waals surface area (Å²) in [6, 6.07) is 13.4. The maximum absolute atomic E-state index is 12.6. The highest BCUT2D eigenvalue weighted by Gasteiger charge is 2.48. The zero-order valence-electron chi connectivity index (χ0n) is 14.6. The maximum Gasteiger partial charge on any atom is 0.343 e. The third-order valence-corrected chi connectivity index (χ3v) is 5.76. The Labute approximate surface area is 165 Å². The van der Waals surface area contributed by atoms with Crippen LogP contribution in [0.1, 0.15) is 36.0 Å². The number of benzene rings is 2. The highest BCUT2D eigenvalue weighted by molar-refractivity contribution is 9.10. The first-order valence-electron chi connectivity index (χ1n) is 9.00. The van der Waals surface area contributed by atoms with Crippen molar-refractivity contribution in [3.05, 3.63) is 58.6 Å². The minimum atomic E-state index is -0.489. The highest BCUT2D eigenvalue weighted by Crippen LogP contribution is 2.40. The Kier molecular flexibility index (Phi) is 4.83. The van der Waals surface area contributed by atoms with Crippen molar-refractivity contribution >= 4 is 39.4 Å². The number of nitrogens with zero attached hydrogens (tertiary/aromatic N) is 1. The van der Waals surface area contributed by atoms with E-state index in [1.165, 1.54) is 4.90 Å². The van der Waals surface area contributed by atoms with Crippen LogP contribution in [-0.2, 0) is 9.59 Å². The fraction of sp³-hybridized carbons (Fsp3) is 0.286. The van der Waals surface area contributed by atoms with E-state index in [2.05, 4.69) is 15.9 Å². The summed E-state index contributed by atoms with van der Waals surface area (Å²) in [4.78, 5) is 38.9. The highest BCUT2D eigenvalue weighted by atomic mass is 79.9. The number of carbonyl (C=O) groups excluding carboxylic acids is 3. The standard InChI is InChI=1S/C21H18BrNO4/c22-14-7-11-16(12-8-14)27-21(26)13-5-9-15(10-6-13)23-19(24)17-3-1-2-4-18(17)20(23)25/h5-12,17-18H,1-4H2/t17-,18-/m1/s1. The predicted molar refractivity (Wildman–Crippen MR) is 103 cm³/mol. The normalized spacial score (nSPS) is 21.9. The van der Waals surface area contributed by atoms with E-state index >= 15 is 0 Å². The molecule has 6 heteroatoms. The molecule has 0 bridgehead atoms. The van der Waals surface area contributed by atoms with Gasteiger partial charge in [0.25, 0.3) is 0 Å². The van der Waals surface area contributed by atoms with Crippen LogP contribution >= 0.6 is 15.9 Å². The lowest BCUT2D eigenvalue weighted by Gasteiger charge is -2.19. The van der Waals surface area contributed by atoms with Crippen LogP contribution in [0.4, 0.5) is 5.69 Å². The number of ether oxygens (including phenoxy) is 1. The van der Waals surface area contributed by atoms with E-state index in [1.807, 2.05) is 0 Å². The lowest BCUT2D eigenvalue weighted by atomic mass is 9.81. The van der Waals surface area contributed by atoms with Crippen molar-refractivity contribution in [2.75, 3.05) is 4.90 Å². The molecule has 0 spiro atoms. The van der Waals surface area contributed by atoms with Crippen LogP contribution in [0.3, 0.4) is 0 Å². The molecule has 1 saturated carbocycles. The summed E-state index contributed by atoms with van der Waals surface area (Å²) in [5.41, 5.74) is 0.873. The monoisotopic (exact) mass is 427 g/mol. The number of carbonyl (C=O) groups is 3. The fourth-order valence-electron chi connectivity index (χ4n) is 3.83. The van der Waals surface area contributed by atoms with Crippen molar-refractivity contribution in [3.8, 4) is 5.75 Å². The van der Waals surface area contributed by atoms with Crippen molar-refractivity contribution < 1.29 is 19.1 Å². The zero-order valence-corrected chi connectivity index (χ0v) is 16.1. The van der Waals surface area contributed by atoms with Crippen molar-refractivity contribution in [2.24, 2.45) is 11.8 Å². The molecule has 2 aromatic rings. The Hall–Kier alpha value is -2.47. The fourth-order valence-corrected chi connectivity index (χ4v) is 4.10. The molecule has 1 heterocycles. The van der Waals surface area contributed by atoms with Gasteiger partial charge >= 0.3 is 5.97 Å². The number of hydrogen-bond acceptors (Lipinski definition) is 4. The van der Waals surface area contributed by atoms with Gasteiger partial charge in [0, 0.05) is 4.47 Å². The van der Waals surface area contributed by atoms with Crippen molar-refractivity contribution in [2.45, 2.75) is 25.7 Å². The van der Waals surface area contributed by atoms with Crippen molar-refractivity contribution in [1.82, 2.24) is 0 Å². The SMILES string of the molecule is O=C(Oc1ccc(Br)cc1)c1ccc(N2C(=O)[C@@H]3CCCC[C@H]3C2=O)cc1. The Morgan fingerprint density at radius 2 is 1.44 bits per heavy atom. The van der Waals surface area contributed by atoms with Crippen LogP contribution in [0.25, 0.3) is 0 Å². The topological polar surface area (TPSA) is 63.7 Å². The summed E-state index contributed by atoms with van der Waals surface area (Å²) in [6.07, 6.45) is 3.55. The molecule has 1 aliphatic carbocycles. The minimum absolute atomic E-state index is 0.116. The third kappa shape index (κ3) is 3.41. The van der Waals surface area contributed by atoms with E-state index in [0.717, 1.165) is 30.2 Å². The van der Waals surface area contributed by atoms with Gasteiger partial charge in [0.2, 0.25) is 11.8 Å². The average molecular weight is 428 g/mol. The van der Waals surface area contributed by atoms with Gasteiger partial charge in [-0.2, -0.15) is 0 Å². The number of rotatable bonds is 3. The molecule has 27 heavy (non-hydrogen) atoms. The molecule has 4 rings (SSSR count). The van der Waals surface area contributed by atoms with Crippen molar-refractivity contribution in [3.63, 3.8) is 0 Å². The molecular weight excluding hydrogens is 410 g/mol. The van der Waals surface area contributed by atoms with Gasteiger partial charge in [0.15, 0.2) is 0 Å². The number of esters is 1. The zero-order chi connectivity index (χ0) is 19.0. The molecule has 2 fully saturated rings. The summed E-state index contributed by atoms with van der Waals surface area (Å²) in [5, 5.41) is 0. The molecule has 1 saturated heterocycles. The molecule has 2 aliphatic rings. The lowest BCUT2D eigenvalue weighted by molar-refractivity contribution is -0.122. The number of halogens is 1. The number of imide groups is 1. The molecular formula is C21H18BrNO4. The third-order valence-electron chi connectivity index (χ3n) is 5.23. The van der Waals surface area contributed by atoms with E-state index in [0.29, 0.717) is 17.0 Å². The predicted octanol–water partition coefficient (Wildman–Crippen LogP) is 4.35. The van der Waals surface area contributed by atoms with E-state index in [9.17, 15) is 14.4 Å².